The second-order valence-corrected chi connectivity index (χ2v) is 7.83. The molecule has 0 saturated carbocycles. The number of aromatic nitrogens is 1. The number of fused-ring (bicyclic) bond motifs is 1. The number of para-hydroxylation sites is 1. The van der Waals surface area contributed by atoms with E-state index in [9.17, 15) is 8.42 Å². The summed E-state index contributed by atoms with van der Waals surface area (Å²) in [6.45, 7) is 1.89. The molecule has 27 heavy (non-hydrogen) atoms. The van der Waals surface area contributed by atoms with Gasteiger partial charge in [0.2, 0.25) is 5.88 Å². The van der Waals surface area contributed by atoms with E-state index in [1.807, 2.05) is 61.5 Å². The van der Waals surface area contributed by atoms with Crippen molar-refractivity contribution in [2.75, 3.05) is 5.84 Å². The van der Waals surface area contributed by atoms with Gasteiger partial charge in [0.1, 0.15) is 4.90 Å². The molecule has 5 nitrogen and oxygen atoms in total. The summed E-state index contributed by atoms with van der Waals surface area (Å²) in [4.78, 5) is 0.0809. The van der Waals surface area contributed by atoms with Gasteiger partial charge >= 0.3 is 10.1 Å². The zero-order valence-corrected chi connectivity index (χ0v) is 15.5. The third kappa shape index (κ3) is 3.04. The molecule has 0 spiro atoms. The molecular weight excluding hydrogens is 360 g/mol. The second kappa shape index (κ2) is 6.48. The van der Waals surface area contributed by atoms with Gasteiger partial charge in [0.05, 0.1) is 11.1 Å². The molecule has 4 aromatic rings. The SMILES string of the molecule is Cc1ccc(S(=O)(=O)Oc2c(-c3ccccc3)c3ccccc3n2N)cc1. The molecule has 1 aromatic heterocycles. The van der Waals surface area contributed by atoms with Gasteiger partial charge in [-0.1, -0.05) is 66.2 Å². The van der Waals surface area contributed by atoms with Crippen molar-refractivity contribution in [2.45, 2.75) is 11.8 Å². The highest BCUT2D eigenvalue weighted by Crippen LogP contribution is 2.39. The number of hydrogen-bond acceptors (Lipinski definition) is 4. The van der Waals surface area contributed by atoms with Gasteiger partial charge in [0.25, 0.3) is 0 Å². The number of aryl methyl sites for hydroxylation is 1. The number of benzene rings is 3. The molecule has 1 heterocycles. The van der Waals surface area contributed by atoms with Crippen LogP contribution in [0.3, 0.4) is 0 Å². The van der Waals surface area contributed by atoms with E-state index in [-0.39, 0.29) is 10.8 Å². The first-order valence-electron chi connectivity index (χ1n) is 8.42. The Morgan fingerprint density at radius 2 is 1.48 bits per heavy atom. The largest absolute Gasteiger partial charge is 0.357 e. The van der Waals surface area contributed by atoms with Crippen LogP contribution in [0.25, 0.3) is 22.0 Å². The molecule has 2 N–H and O–H groups in total. The zero-order valence-electron chi connectivity index (χ0n) is 14.7. The highest BCUT2D eigenvalue weighted by atomic mass is 32.2. The van der Waals surface area contributed by atoms with Gasteiger partial charge in [0.15, 0.2) is 0 Å². The third-order valence-electron chi connectivity index (χ3n) is 4.43. The molecule has 4 rings (SSSR count). The van der Waals surface area contributed by atoms with Crippen LogP contribution in [0.15, 0.2) is 83.8 Å². The first-order chi connectivity index (χ1) is 13.0. The molecular formula is C21H18N2O3S. The molecule has 3 aromatic carbocycles. The molecule has 136 valence electrons. The Hall–Kier alpha value is -3.25. The smallest absolute Gasteiger partial charge is 0.340 e. The standard InChI is InChI=1S/C21H18N2O3S/c1-15-11-13-17(14-12-15)27(24,25)26-21-20(16-7-3-2-4-8-16)18-9-5-6-10-19(18)23(21)22/h2-14H,22H2,1H3. The second-order valence-electron chi connectivity index (χ2n) is 6.28. The average Bonchev–Trinajstić information content (AvgIpc) is 2.95. The van der Waals surface area contributed by atoms with Gasteiger partial charge < -0.3 is 10.0 Å². The summed E-state index contributed by atoms with van der Waals surface area (Å²) in [5.41, 5.74) is 3.12. The van der Waals surface area contributed by atoms with Crippen LogP contribution >= 0.6 is 0 Å². The summed E-state index contributed by atoms with van der Waals surface area (Å²) in [7, 11) is -4.03. The van der Waals surface area contributed by atoms with E-state index in [1.165, 1.54) is 16.8 Å². The van der Waals surface area contributed by atoms with Crippen LogP contribution in [-0.2, 0) is 10.1 Å². The van der Waals surface area contributed by atoms with Crippen LogP contribution in [0.4, 0.5) is 0 Å². The lowest BCUT2D eigenvalue weighted by atomic mass is 10.0. The minimum atomic E-state index is -4.03. The van der Waals surface area contributed by atoms with Crippen molar-refractivity contribution >= 4 is 21.0 Å². The van der Waals surface area contributed by atoms with E-state index >= 15 is 0 Å². The molecule has 6 heteroatoms. The van der Waals surface area contributed by atoms with Crippen molar-refractivity contribution < 1.29 is 12.6 Å². The van der Waals surface area contributed by atoms with Crippen LogP contribution in [0, 0.1) is 6.92 Å². The molecule has 0 atom stereocenters. The predicted octanol–water partition coefficient (Wildman–Crippen LogP) is 4.10. The summed E-state index contributed by atoms with van der Waals surface area (Å²) >= 11 is 0. The van der Waals surface area contributed by atoms with Gasteiger partial charge in [-0.3, -0.25) is 0 Å². The van der Waals surface area contributed by atoms with E-state index in [4.69, 9.17) is 10.0 Å². The van der Waals surface area contributed by atoms with Gasteiger partial charge in [-0.05, 0) is 30.7 Å². The van der Waals surface area contributed by atoms with E-state index < -0.39 is 10.1 Å². The van der Waals surface area contributed by atoms with E-state index in [2.05, 4.69) is 0 Å². The minimum Gasteiger partial charge on any atom is -0.357 e. The van der Waals surface area contributed by atoms with Crippen molar-refractivity contribution in [1.82, 2.24) is 4.68 Å². The van der Waals surface area contributed by atoms with Crippen LogP contribution in [-0.4, -0.2) is 13.1 Å². The molecule has 0 bridgehead atoms. The van der Waals surface area contributed by atoms with Gasteiger partial charge in [0, 0.05) is 5.39 Å². The van der Waals surface area contributed by atoms with Gasteiger partial charge in [-0.15, -0.1) is 0 Å². The quantitative estimate of drug-likeness (QED) is 0.429. The van der Waals surface area contributed by atoms with Crippen molar-refractivity contribution in [3.05, 3.63) is 84.4 Å². The van der Waals surface area contributed by atoms with Crippen molar-refractivity contribution in [3.63, 3.8) is 0 Å². The highest BCUT2D eigenvalue weighted by molar-refractivity contribution is 7.87. The summed E-state index contributed by atoms with van der Waals surface area (Å²) in [5, 5.41) is 0.820. The van der Waals surface area contributed by atoms with Gasteiger partial charge in [-0.25, -0.2) is 4.68 Å². The van der Waals surface area contributed by atoms with E-state index in [0.717, 1.165) is 16.5 Å². The van der Waals surface area contributed by atoms with Crippen molar-refractivity contribution in [1.29, 1.82) is 0 Å². The number of nitrogen functional groups attached to an aromatic ring is 1. The molecule has 0 radical (unpaired) electrons. The van der Waals surface area contributed by atoms with Crippen molar-refractivity contribution in [2.24, 2.45) is 0 Å². The van der Waals surface area contributed by atoms with Crippen molar-refractivity contribution in [3.8, 4) is 17.0 Å². The van der Waals surface area contributed by atoms with Crippen LogP contribution in [0.1, 0.15) is 5.56 Å². The molecule has 0 aliphatic carbocycles. The Bertz CT molecular complexity index is 1210. The Morgan fingerprint density at radius 1 is 0.852 bits per heavy atom. The third-order valence-corrected chi connectivity index (χ3v) is 5.65. The Balaban J connectivity index is 1.91. The first-order valence-corrected chi connectivity index (χ1v) is 9.83. The maximum absolute atomic E-state index is 12.8. The predicted molar refractivity (Wildman–Crippen MR) is 107 cm³/mol. The topological polar surface area (TPSA) is 74.3 Å². The fourth-order valence-corrected chi connectivity index (χ4v) is 4.00. The molecule has 0 fully saturated rings. The summed E-state index contributed by atoms with van der Waals surface area (Å²) in [6.07, 6.45) is 0. The molecule has 0 aliphatic heterocycles. The minimum absolute atomic E-state index is 0.0809. The van der Waals surface area contributed by atoms with Gasteiger partial charge in [-0.2, -0.15) is 8.42 Å². The number of hydrogen-bond donors (Lipinski definition) is 1. The Labute approximate surface area is 157 Å². The van der Waals surface area contributed by atoms with E-state index in [0.29, 0.717) is 11.1 Å². The van der Waals surface area contributed by atoms with Crippen LogP contribution < -0.4 is 10.0 Å². The number of nitrogens with zero attached hydrogens (tertiary/aromatic N) is 1. The van der Waals surface area contributed by atoms with E-state index in [1.54, 1.807) is 12.1 Å². The zero-order chi connectivity index (χ0) is 19.0. The van der Waals surface area contributed by atoms with Crippen LogP contribution in [0.5, 0.6) is 5.88 Å². The number of nitrogens with two attached hydrogens (primary N) is 1. The normalized spacial score (nSPS) is 11.6. The number of rotatable bonds is 4. The monoisotopic (exact) mass is 378 g/mol. The lowest BCUT2D eigenvalue weighted by Crippen LogP contribution is -2.16. The summed E-state index contributed by atoms with van der Waals surface area (Å²) in [6, 6.07) is 23.4. The average molecular weight is 378 g/mol. The summed E-state index contributed by atoms with van der Waals surface area (Å²) in [5.74, 6) is 6.30. The fraction of sp³-hybridized carbons (Fsp3) is 0.0476. The molecule has 0 unspecified atom stereocenters. The summed E-state index contributed by atoms with van der Waals surface area (Å²) < 4.78 is 32.5. The van der Waals surface area contributed by atoms with Crippen LogP contribution in [0.2, 0.25) is 0 Å². The lowest BCUT2D eigenvalue weighted by molar-refractivity contribution is 0.470. The lowest BCUT2D eigenvalue weighted by Gasteiger charge is -2.11. The Morgan fingerprint density at radius 3 is 2.19 bits per heavy atom. The molecule has 0 amide bonds. The Kier molecular flexibility index (Phi) is 4.12. The molecule has 0 aliphatic rings. The fourth-order valence-electron chi connectivity index (χ4n) is 3.06. The maximum atomic E-state index is 12.8. The molecule has 0 saturated heterocycles. The highest BCUT2D eigenvalue weighted by Gasteiger charge is 2.25. The first kappa shape index (κ1) is 17.2. The maximum Gasteiger partial charge on any atom is 0.340 e.